The van der Waals surface area contributed by atoms with Crippen LogP contribution in [-0.2, 0) is 19.3 Å². The van der Waals surface area contributed by atoms with Crippen molar-refractivity contribution in [3.05, 3.63) is 58.9 Å². The Balaban J connectivity index is 0.00000225. The second-order valence-electron chi connectivity index (χ2n) is 5.95. The number of aryl methyl sites for hydroxylation is 2. The number of anilines is 1. The molecule has 0 bridgehead atoms. The van der Waals surface area contributed by atoms with E-state index in [9.17, 15) is 4.39 Å². The van der Waals surface area contributed by atoms with Gasteiger partial charge in [-0.15, -0.1) is 24.0 Å². The zero-order valence-electron chi connectivity index (χ0n) is 14.2. The minimum atomic E-state index is -0.359. The minimum Gasteiger partial charge on any atom is -0.494 e. The molecule has 0 aromatic heterocycles. The first-order valence-corrected chi connectivity index (χ1v) is 8.17. The molecule has 0 aliphatic heterocycles. The van der Waals surface area contributed by atoms with Crippen LogP contribution in [0.4, 0.5) is 10.1 Å². The Kier molecular flexibility index (Phi) is 7.04. The number of guanidine groups is 1. The molecule has 3 rings (SSSR count). The van der Waals surface area contributed by atoms with E-state index in [-0.39, 0.29) is 35.5 Å². The summed E-state index contributed by atoms with van der Waals surface area (Å²) in [5.41, 5.74) is 10.7. The normalized spacial score (nSPS) is 13.1. The van der Waals surface area contributed by atoms with Crippen molar-refractivity contribution < 1.29 is 9.13 Å². The van der Waals surface area contributed by atoms with E-state index in [0.29, 0.717) is 18.9 Å². The standard InChI is InChI=1S/C19H22FN3O.HI/c1-24-18-11-13(5-8-17(18)20)9-10-22-19(21)23-16-7-6-14-3-2-4-15(14)12-16;/h5-8,11-12H,2-4,9-10H2,1H3,(H3,21,22,23);1H. The van der Waals surface area contributed by atoms with Gasteiger partial charge in [-0.3, -0.25) is 4.99 Å². The third kappa shape index (κ3) is 5.07. The second-order valence-corrected chi connectivity index (χ2v) is 5.95. The third-order valence-electron chi connectivity index (χ3n) is 4.27. The van der Waals surface area contributed by atoms with Crippen LogP contribution in [-0.4, -0.2) is 19.6 Å². The van der Waals surface area contributed by atoms with Crippen LogP contribution in [0.5, 0.6) is 5.75 Å². The molecule has 25 heavy (non-hydrogen) atoms. The number of nitrogens with two attached hydrogens (primary N) is 1. The lowest BCUT2D eigenvalue weighted by atomic mass is 10.1. The van der Waals surface area contributed by atoms with Crippen LogP contribution in [0, 0.1) is 5.82 Å². The van der Waals surface area contributed by atoms with Gasteiger partial charge >= 0.3 is 0 Å². The predicted octanol–water partition coefficient (Wildman–Crippen LogP) is 3.91. The highest BCUT2D eigenvalue weighted by Crippen LogP contribution is 2.24. The van der Waals surface area contributed by atoms with Crippen molar-refractivity contribution in [2.45, 2.75) is 25.7 Å². The molecule has 3 N–H and O–H groups in total. The number of rotatable bonds is 5. The van der Waals surface area contributed by atoms with E-state index in [4.69, 9.17) is 10.5 Å². The van der Waals surface area contributed by atoms with Gasteiger partial charge in [-0.2, -0.15) is 0 Å². The summed E-state index contributed by atoms with van der Waals surface area (Å²) in [6.45, 7) is 0.526. The molecule has 0 fully saturated rings. The highest BCUT2D eigenvalue weighted by molar-refractivity contribution is 14.0. The Labute approximate surface area is 164 Å². The van der Waals surface area contributed by atoms with Crippen molar-refractivity contribution in [1.82, 2.24) is 0 Å². The maximum atomic E-state index is 13.4. The first kappa shape index (κ1) is 19.5. The van der Waals surface area contributed by atoms with Gasteiger partial charge in [0.05, 0.1) is 7.11 Å². The number of ether oxygens (including phenoxy) is 1. The molecule has 1 aliphatic carbocycles. The average molecular weight is 455 g/mol. The summed E-state index contributed by atoms with van der Waals surface area (Å²) in [5.74, 6) is 0.283. The molecule has 0 atom stereocenters. The lowest BCUT2D eigenvalue weighted by Crippen LogP contribution is -2.23. The molecule has 2 aromatic carbocycles. The SMILES string of the molecule is COc1cc(CCN=C(N)Nc2ccc3c(c2)CCC3)ccc1F.I. The summed E-state index contributed by atoms with van der Waals surface area (Å²) < 4.78 is 18.4. The molecule has 4 nitrogen and oxygen atoms in total. The lowest BCUT2D eigenvalue weighted by molar-refractivity contribution is 0.386. The smallest absolute Gasteiger partial charge is 0.193 e. The molecular weight excluding hydrogens is 432 g/mol. The van der Waals surface area contributed by atoms with E-state index >= 15 is 0 Å². The van der Waals surface area contributed by atoms with Gasteiger partial charge in [0, 0.05) is 12.2 Å². The number of hydrogen-bond donors (Lipinski definition) is 2. The summed E-state index contributed by atoms with van der Waals surface area (Å²) in [6.07, 6.45) is 4.20. The van der Waals surface area contributed by atoms with Gasteiger partial charge in [-0.05, 0) is 66.6 Å². The van der Waals surface area contributed by atoms with Crippen LogP contribution < -0.4 is 15.8 Å². The zero-order chi connectivity index (χ0) is 16.9. The molecule has 0 saturated heterocycles. The van der Waals surface area contributed by atoms with Crippen LogP contribution in [0.3, 0.4) is 0 Å². The van der Waals surface area contributed by atoms with Gasteiger partial charge in [0.15, 0.2) is 17.5 Å². The Bertz CT molecular complexity index is 764. The van der Waals surface area contributed by atoms with Crippen molar-refractivity contribution in [3.8, 4) is 5.75 Å². The van der Waals surface area contributed by atoms with E-state index < -0.39 is 0 Å². The van der Waals surface area contributed by atoms with Gasteiger partial charge in [0.1, 0.15) is 0 Å². The Morgan fingerprint density at radius 1 is 1.20 bits per heavy atom. The van der Waals surface area contributed by atoms with Crippen molar-refractivity contribution in [2.24, 2.45) is 10.7 Å². The number of benzene rings is 2. The number of nitrogens with zero attached hydrogens (tertiary/aromatic N) is 1. The topological polar surface area (TPSA) is 59.6 Å². The molecule has 6 heteroatoms. The quantitative estimate of drug-likeness (QED) is 0.409. The maximum absolute atomic E-state index is 13.4. The van der Waals surface area contributed by atoms with Gasteiger partial charge in [-0.25, -0.2) is 4.39 Å². The number of aliphatic imine (C=N–C) groups is 1. The molecule has 134 valence electrons. The predicted molar refractivity (Wildman–Crippen MR) is 111 cm³/mol. The minimum absolute atomic E-state index is 0. The number of fused-ring (bicyclic) bond motifs is 1. The Hall–Kier alpha value is -1.83. The van der Waals surface area contributed by atoms with E-state index in [1.165, 1.54) is 37.1 Å². The van der Waals surface area contributed by atoms with Crippen LogP contribution >= 0.6 is 24.0 Å². The second kappa shape index (κ2) is 9.03. The first-order valence-electron chi connectivity index (χ1n) is 8.17. The van der Waals surface area contributed by atoms with Crippen molar-refractivity contribution in [3.63, 3.8) is 0 Å². The fraction of sp³-hybridized carbons (Fsp3) is 0.316. The van der Waals surface area contributed by atoms with Gasteiger partial charge in [0.2, 0.25) is 0 Å². The highest BCUT2D eigenvalue weighted by Gasteiger charge is 2.10. The van der Waals surface area contributed by atoms with Crippen molar-refractivity contribution in [2.75, 3.05) is 19.0 Å². The van der Waals surface area contributed by atoms with Crippen molar-refractivity contribution >= 4 is 35.6 Å². The zero-order valence-corrected chi connectivity index (χ0v) is 16.5. The number of hydrogen-bond acceptors (Lipinski definition) is 2. The molecule has 0 heterocycles. The van der Waals surface area contributed by atoms with E-state index in [1.807, 2.05) is 6.07 Å². The van der Waals surface area contributed by atoms with Gasteiger partial charge in [0.25, 0.3) is 0 Å². The molecule has 0 saturated carbocycles. The van der Waals surface area contributed by atoms with Gasteiger partial charge in [-0.1, -0.05) is 12.1 Å². The molecule has 0 radical (unpaired) electrons. The first-order chi connectivity index (χ1) is 11.7. The van der Waals surface area contributed by atoms with Crippen LogP contribution in [0.2, 0.25) is 0 Å². The monoisotopic (exact) mass is 455 g/mol. The summed E-state index contributed by atoms with van der Waals surface area (Å²) in [7, 11) is 1.46. The fourth-order valence-electron chi connectivity index (χ4n) is 3.00. The molecular formula is C19H23FIN3O. The van der Waals surface area contributed by atoms with E-state index in [1.54, 1.807) is 12.1 Å². The summed E-state index contributed by atoms with van der Waals surface area (Å²) >= 11 is 0. The maximum Gasteiger partial charge on any atom is 0.193 e. The fourth-order valence-corrected chi connectivity index (χ4v) is 3.00. The molecule has 0 amide bonds. The summed E-state index contributed by atoms with van der Waals surface area (Å²) in [5, 5.41) is 3.13. The third-order valence-corrected chi connectivity index (χ3v) is 4.27. The Morgan fingerprint density at radius 2 is 2.00 bits per heavy atom. The molecule has 0 unspecified atom stereocenters. The van der Waals surface area contributed by atoms with Crippen LogP contribution in [0.25, 0.3) is 0 Å². The number of methoxy groups -OCH3 is 1. The highest BCUT2D eigenvalue weighted by atomic mass is 127. The summed E-state index contributed by atoms with van der Waals surface area (Å²) in [6, 6.07) is 11.2. The molecule has 0 spiro atoms. The number of halogens is 2. The van der Waals surface area contributed by atoms with Gasteiger partial charge < -0.3 is 15.8 Å². The van der Waals surface area contributed by atoms with Crippen LogP contribution in [0.1, 0.15) is 23.1 Å². The van der Waals surface area contributed by atoms with E-state index in [2.05, 4.69) is 22.4 Å². The van der Waals surface area contributed by atoms with E-state index in [0.717, 1.165) is 17.7 Å². The van der Waals surface area contributed by atoms with Crippen molar-refractivity contribution in [1.29, 1.82) is 0 Å². The molecule has 1 aliphatic rings. The molecule has 2 aromatic rings. The lowest BCUT2D eigenvalue weighted by Gasteiger charge is -2.08. The Morgan fingerprint density at radius 3 is 2.80 bits per heavy atom. The largest absolute Gasteiger partial charge is 0.494 e. The van der Waals surface area contributed by atoms with Crippen LogP contribution in [0.15, 0.2) is 41.4 Å². The summed E-state index contributed by atoms with van der Waals surface area (Å²) in [4.78, 5) is 4.33. The average Bonchev–Trinajstić information content (AvgIpc) is 3.04. The number of nitrogens with one attached hydrogen (secondary N) is 1.